The molecule has 0 radical (unpaired) electrons. The van der Waals surface area contributed by atoms with E-state index < -0.39 is 0 Å². The van der Waals surface area contributed by atoms with Crippen LogP contribution in [0.1, 0.15) is 37.5 Å². The zero-order valence-electron chi connectivity index (χ0n) is 11.2. The number of carbonyl (C=O) groups excluding carboxylic acids is 1. The highest BCUT2D eigenvalue weighted by atomic mass is 35.5. The van der Waals surface area contributed by atoms with Gasteiger partial charge in [0.15, 0.2) is 0 Å². The van der Waals surface area contributed by atoms with Gasteiger partial charge in [-0.3, -0.25) is 4.79 Å². The first-order chi connectivity index (χ1) is 8.65. The Bertz CT molecular complexity index is 371. The van der Waals surface area contributed by atoms with Gasteiger partial charge in [-0.15, -0.1) is 23.7 Å². The molecule has 19 heavy (non-hydrogen) atoms. The van der Waals surface area contributed by atoms with Gasteiger partial charge in [0.1, 0.15) is 0 Å². The number of amides is 1. The number of unbranched alkanes of at least 4 members (excludes halogenated alkanes) is 1. The average molecular weight is 325 g/mol. The van der Waals surface area contributed by atoms with Crippen LogP contribution >= 0.6 is 35.3 Å². The van der Waals surface area contributed by atoms with E-state index in [1.165, 1.54) is 0 Å². The number of carbonyl (C=O) groups is 1. The fourth-order valence-electron chi connectivity index (χ4n) is 1.72. The minimum atomic E-state index is 0. The normalized spacial score (nSPS) is 11.7. The summed E-state index contributed by atoms with van der Waals surface area (Å²) in [6, 6.07) is 2.03. The highest BCUT2D eigenvalue weighted by Gasteiger charge is 2.10. The van der Waals surface area contributed by atoms with Gasteiger partial charge < -0.3 is 11.1 Å². The standard InChI is InChI=1S/C13H21ClN2OS.ClH/c1-2-3-4-11(8-15)16-13(17)6-5-12-7-10(14)9-18-12;/h7,9,11H,2-6,8,15H2,1H3,(H,16,17);1H. The number of halogens is 2. The third kappa shape index (κ3) is 7.78. The lowest BCUT2D eigenvalue weighted by Gasteiger charge is -2.16. The maximum atomic E-state index is 11.8. The maximum Gasteiger partial charge on any atom is 0.220 e. The average Bonchev–Trinajstić information content (AvgIpc) is 2.78. The molecule has 0 fully saturated rings. The maximum absolute atomic E-state index is 11.8. The van der Waals surface area contributed by atoms with Gasteiger partial charge in [0.05, 0.1) is 5.02 Å². The van der Waals surface area contributed by atoms with Gasteiger partial charge >= 0.3 is 0 Å². The van der Waals surface area contributed by atoms with Gasteiger partial charge in [-0.1, -0.05) is 31.4 Å². The fourth-order valence-corrected chi connectivity index (χ4v) is 2.80. The summed E-state index contributed by atoms with van der Waals surface area (Å²) >= 11 is 7.43. The van der Waals surface area contributed by atoms with Crippen LogP contribution in [0.2, 0.25) is 5.02 Å². The number of rotatable bonds is 8. The van der Waals surface area contributed by atoms with E-state index in [1.54, 1.807) is 11.3 Å². The second-order valence-electron chi connectivity index (χ2n) is 4.37. The molecule has 0 aliphatic rings. The number of nitrogens with two attached hydrogens (primary N) is 1. The summed E-state index contributed by atoms with van der Waals surface area (Å²) in [7, 11) is 0. The Morgan fingerprint density at radius 3 is 2.84 bits per heavy atom. The van der Waals surface area contributed by atoms with E-state index in [2.05, 4.69) is 12.2 Å². The Hall–Kier alpha value is -0.290. The Kier molecular flexibility index (Phi) is 10.3. The third-order valence-electron chi connectivity index (χ3n) is 2.78. The van der Waals surface area contributed by atoms with Crippen molar-refractivity contribution in [2.45, 2.75) is 45.1 Å². The zero-order valence-corrected chi connectivity index (χ0v) is 13.5. The van der Waals surface area contributed by atoms with Crippen molar-refractivity contribution in [1.82, 2.24) is 5.32 Å². The number of nitrogens with one attached hydrogen (secondary N) is 1. The molecule has 1 heterocycles. The van der Waals surface area contributed by atoms with Gasteiger partial charge in [-0.25, -0.2) is 0 Å². The van der Waals surface area contributed by atoms with Crippen LogP contribution in [0.15, 0.2) is 11.4 Å². The lowest BCUT2D eigenvalue weighted by atomic mass is 10.1. The van der Waals surface area contributed by atoms with Crippen LogP contribution in [0, 0.1) is 0 Å². The van der Waals surface area contributed by atoms with Crippen molar-refractivity contribution in [3.63, 3.8) is 0 Å². The molecule has 1 rings (SSSR count). The van der Waals surface area contributed by atoms with Crippen molar-refractivity contribution in [2.24, 2.45) is 5.73 Å². The van der Waals surface area contributed by atoms with Crippen LogP contribution in [-0.4, -0.2) is 18.5 Å². The number of hydrogen-bond donors (Lipinski definition) is 2. The summed E-state index contributed by atoms with van der Waals surface area (Å²) < 4.78 is 0. The van der Waals surface area contributed by atoms with Crippen molar-refractivity contribution in [3.05, 3.63) is 21.3 Å². The van der Waals surface area contributed by atoms with E-state index >= 15 is 0 Å². The predicted molar refractivity (Wildman–Crippen MR) is 85.4 cm³/mol. The van der Waals surface area contributed by atoms with E-state index in [9.17, 15) is 4.79 Å². The molecule has 3 nitrogen and oxygen atoms in total. The largest absolute Gasteiger partial charge is 0.352 e. The molecule has 0 aliphatic heterocycles. The second kappa shape index (κ2) is 10.5. The Balaban J connectivity index is 0.00000324. The molecule has 1 aromatic rings. The zero-order chi connectivity index (χ0) is 13.4. The number of aryl methyl sites for hydroxylation is 1. The Morgan fingerprint density at radius 1 is 1.58 bits per heavy atom. The van der Waals surface area contributed by atoms with E-state index in [4.69, 9.17) is 17.3 Å². The number of hydrogen-bond acceptors (Lipinski definition) is 3. The number of thiophene rings is 1. The summed E-state index contributed by atoms with van der Waals surface area (Å²) in [6.45, 7) is 2.65. The fraction of sp³-hybridized carbons (Fsp3) is 0.615. The molecule has 1 amide bonds. The molecule has 0 aliphatic carbocycles. The molecule has 6 heteroatoms. The van der Waals surface area contributed by atoms with Crippen molar-refractivity contribution in [1.29, 1.82) is 0 Å². The molecule has 110 valence electrons. The summed E-state index contributed by atoms with van der Waals surface area (Å²) in [5.74, 6) is 0.0751. The van der Waals surface area contributed by atoms with Crippen LogP contribution in [0.5, 0.6) is 0 Å². The first kappa shape index (κ1) is 18.7. The van der Waals surface area contributed by atoms with Crippen LogP contribution in [-0.2, 0) is 11.2 Å². The molecule has 0 spiro atoms. The second-order valence-corrected chi connectivity index (χ2v) is 5.81. The minimum Gasteiger partial charge on any atom is -0.352 e. The van der Waals surface area contributed by atoms with Gasteiger partial charge in [0.25, 0.3) is 0 Å². The molecule has 1 atom stereocenters. The van der Waals surface area contributed by atoms with Gasteiger partial charge in [0.2, 0.25) is 5.91 Å². The van der Waals surface area contributed by atoms with Crippen molar-refractivity contribution >= 4 is 41.3 Å². The van der Waals surface area contributed by atoms with Gasteiger partial charge in [-0.05, 0) is 18.9 Å². The lowest BCUT2D eigenvalue weighted by molar-refractivity contribution is -0.121. The Labute approximate surface area is 130 Å². The van der Waals surface area contributed by atoms with E-state index in [0.717, 1.165) is 35.6 Å². The molecular weight excluding hydrogens is 303 g/mol. The summed E-state index contributed by atoms with van der Waals surface area (Å²) in [5.41, 5.74) is 5.64. The molecular formula is C13H22Cl2N2OS. The third-order valence-corrected chi connectivity index (χ3v) is 4.12. The molecule has 0 saturated carbocycles. The summed E-state index contributed by atoms with van der Waals surface area (Å²) in [5, 5.41) is 5.62. The van der Waals surface area contributed by atoms with Crippen molar-refractivity contribution in [2.75, 3.05) is 6.54 Å². The molecule has 1 unspecified atom stereocenters. The quantitative estimate of drug-likeness (QED) is 0.770. The minimum absolute atomic E-state index is 0. The summed E-state index contributed by atoms with van der Waals surface area (Å²) in [6.07, 6.45) is 4.43. The first-order valence-corrected chi connectivity index (χ1v) is 7.63. The highest BCUT2D eigenvalue weighted by Crippen LogP contribution is 2.20. The first-order valence-electron chi connectivity index (χ1n) is 6.38. The topological polar surface area (TPSA) is 55.1 Å². The van der Waals surface area contributed by atoms with Gasteiger partial charge in [-0.2, -0.15) is 0 Å². The summed E-state index contributed by atoms with van der Waals surface area (Å²) in [4.78, 5) is 12.9. The van der Waals surface area contributed by atoms with E-state index in [1.807, 2.05) is 11.4 Å². The van der Waals surface area contributed by atoms with E-state index in [-0.39, 0.29) is 24.4 Å². The van der Waals surface area contributed by atoms with Crippen LogP contribution in [0.4, 0.5) is 0 Å². The molecule has 0 saturated heterocycles. The predicted octanol–water partition coefficient (Wildman–Crippen LogP) is 3.39. The van der Waals surface area contributed by atoms with Crippen LogP contribution in [0.3, 0.4) is 0 Å². The van der Waals surface area contributed by atoms with Crippen molar-refractivity contribution in [3.8, 4) is 0 Å². The highest BCUT2D eigenvalue weighted by molar-refractivity contribution is 7.10. The Morgan fingerprint density at radius 2 is 2.32 bits per heavy atom. The van der Waals surface area contributed by atoms with Crippen LogP contribution in [0.25, 0.3) is 0 Å². The SMILES string of the molecule is CCCCC(CN)NC(=O)CCc1cc(Cl)cs1.Cl. The van der Waals surface area contributed by atoms with Crippen LogP contribution < -0.4 is 11.1 Å². The van der Waals surface area contributed by atoms with E-state index in [0.29, 0.717) is 13.0 Å². The monoisotopic (exact) mass is 324 g/mol. The van der Waals surface area contributed by atoms with Gasteiger partial charge in [0, 0.05) is 29.3 Å². The van der Waals surface area contributed by atoms with Crippen molar-refractivity contribution < 1.29 is 4.79 Å². The molecule has 0 aromatic carbocycles. The molecule has 1 aromatic heterocycles. The smallest absolute Gasteiger partial charge is 0.220 e. The molecule has 3 N–H and O–H groups in total. The lowest BCUT2D eigenvalue weighted by Crippen LogP contribution is -2.40. The molecule has 0 bridgehead atoms.